The first kappa shape index (κ1) is 35.8. The molecule has 0 unspecified atom stereocenters. The van der Waals surface area contributed by atoms with Crippen molar-refractivity contribution in [2.24, 2.45) is 0 Å². The molecular formula is C32H39BrFN3O7S. The molecule has 0 saturated heterocycles. The summed E-state index contributed by atoms with van der Waals surface area (Å²) in [6.45, 7) is 6.48. The predicted molar refractivity (Wildman–Crippen MR) is 175 cm³/mol. The van der Waals surface area contributed by atoms with Crippen LogP contribution in [0.1, 0.15) is 72.1 Å². The van der Waals surface area contributed by atoms with Gasteiger partial charge in [0.15, 0.2) is 34.6 Å². The number of aryl methyl sites for hydroxylation is 1. The number of thiazole rings is 1. The summed E-state index contributed by atoms with van der Waals surface area (Å²) in [6.07, 6.45) is 3.47. The summed E-state index contributed by atoms with van der Waals surface area (Å²) in [6, 6.07) is 5.02. The minimum Gasteiger partial charge on any atom is -0.493 e. The second kappa shape index (κ2) is 15.5. The lowest BCUT2D eigenvalue weighted by Crippen LogP contribution is -2.30. The third kappa shape index (κ3) is 8.51. The molecule has 13 heteroatoms. The number of nitrogens with one attached hydrogen (secondary N) is 1. The Kier molecular flexibility index (Phi) is 12.3. The highest BCUT2D eigenvalue weighted by molar-refractivity contribution is 8.93. The number of amidine groups is 1. The standard InChI is InChI=1S/C32H38FN3O7S.BrH/c1-32(2,3)21-14-19(22(37)18-36-17-20-16-23(40-4)30(41-5)28(33)27(20)31(36)34)15-24(29(21)43-12-7-9-26(38)39)42-11-6-8-25-35-10-13-44-25;/h10,13-16,34H,6-9,11-12,17-18H2,1-5H3,(H,38,39);1H. The van der Waals surface area contributed by atoms with Gasteiger partial charge in [0.25, 0.3) is 0 Å². The molecule has 1 aromatic heterocycles. The van der Waals surface area contributed by atoms with Crippen molar-refractivity contribution >= 4 is 45.9 Å². The van der Waals surface area contributed by atoms with Gasteiger partial charge in [-0.15, -0.1) is 28.3 Å². The van der Waals surface area contributed by atoms with E-state index in [1.54, 1.807) is 35.7 Å². The molecule has 4 rings (SSSR count). The Morgan fingerprint density at radius 3 is 2.42 bits per heavy atom. The van der Waals surface area contributed by atoms with Gasteiger partial charge in [-0.2, -0.15) is 0 Å². The number of carboxylic acid groups (broad SMARTS) is 1. The molecule has 244 valence electrons. The predicted octanol–water partition coefficient (Wildman–Crippen LogP) is 6.45. The molecule has 10 nitrogen and oxygen atoms in total. The van der Waals surface area contributed by atoms with E-state index in [9.17, 15) is 9.59 Å². The average Bonchev–Trinajstić information content (AvgIpc) is 3.60. The first-order valence-electron chi connectivity index (χ1n) is 14.3. The van der Waals surface area contributed by atoms with E-state index in [-0.39, 0.29) is 71.8 Å². The van der Waals surface area contributed by atoms with Gasteiger partial charge in [0.2, 0.25) is 0 Å². The molecule has 0 radical (unpaired) electrons. The Hall–Kier alpha value is -3.71. The summed E-state index contributed by atoms with van der Waals surface area (Å²) < 4.78 is 38.0. The molecule has 0 saturated carbocycles. The second-order valence-electron chi connectivity index (χ2n) is 11.4. The number of carbonyl (C=O) groups excluding carboxylic acids is 1. The summed E-state index contributed by atoms with van der Waals surface area (Å²) in [7, 11) is 2.74. The van der Waals surface area contributed by atoms with Gasteiger partial charge in [-0.3, -0.25) is 15.0 Å². The molecule has 0 atom stereocenters. The molecule has 1 aliphatic rings. The zero-order chi connectivity index (χ0) is 32.0. The molecule has 2 N–H and O–H groups in total. The number of carboxylic acids is 1. The van der Waals surface area contributed by atoms with Gasteiger partial charge in [-0.25, -0.2) is 9.37 Å². The van der Waals surface area contributed by atoms with Crippen LogP contribution in [0.5, 0.6) is 23.0 Å². The number of aliphatic carboxylic acids is 1. The molecular weight excluding hydrogens is 669 g/mol. The fraction of sp³-hybridized carbons (Fsp3) is 0.438. The normalized spacial score (nSPS) is 12.4. The topological polar surface area (TPSA) is 131 Å². The number of ether oxygens (including phenoxy) is 4. The number of carbonyl (C=O) groups is 2. The van der Waals surface area contributed by atoms with E-state index in [1.807, 2.05) is 26.2 Å². The van der Waals surface area contributed by atoms with Gasteiger partial charge in [-0.1, -0.05) is 20.8 Å². The number of ketones is 1. The van der Waals surface area contributed by atoms with Crippen molar-refractivity contribution in [3.63, 3.8) is 0 Å². The zero-order valence-electron chi connectivity index (χ0n) is 26.0. The minimum absolute atomic E-state index is 0. The second-order valence-corrected chi connectivity index (χ2v) is 12.4. The molecule has 1 aliphatic heterocycles. The van der Waals surface area contributed by atoms with Gasteiger partial charge in [0.1, 0.15) is 5.84 Å². The Labute approximate surface area is 276 Å². The van der Waals surface area contributed by atoms with Crippen LogP contribution in [0.25, 0.3) is 0 Å². The van der Waals surface area contributed by atoms with Crippen molar-refractivity contribution < 1.29 is 38.0 Å². The van der Waals surface area contributed by atoms with Crippen LogP contribution >= 0.6 is 28.3 Å². The number of benzene rings is 2. The molecule has 0 aliphatic carbocycles. The lowest BCUT2D eigenvalue weighted by molar-refractivity contribution is -0.137. The minimum atomic E-state index is -0.907. The maximum Gasteiger partial charge on any atom is 0.303 e. The molecule has 45 heavy (non-hydrogen) atoms. The third-order valence-corrected chi connectivity index (χ3v) is 8.02. The SMILES string of the molecule is Br.COc1cc2c(c(F)c1OC)C(=N)N(CC(=O)c1cc(OCCCc3nccs3)c(OCCCC(=O)O)c(C(C)(C)C)c1)C2. The van der Waals surface area contributed by atoms with Crippen molar-refractivity contribution in [1.82, 2.24) is 9.88 Å². The molecule has 0 amide bonds. The van der Waals surface area contributed by atoms with Crippen molar-refractivity contribution in [2.75, 3.05) is 34.0 Å². The van der Waals surface area contributed by atoms with Crippen LogP contribution in [-0.2, 0) is 23.2 Å². The van der Waals surface area contributed by atoms with Gasteiger partial charge in [-0.05, 0) is 42.0 Å². The number of methoxy groups -OCH3 is 2. The highest BCUT2D eigenvalue weighted by Crippen LogP contribution is 2.41. The average molecular weight is 709 g/mol. The fourth-order valence-electron chi connectivity index (χ4n) is 4.98. The lowest BCUT2D eigenvalue weighted by Gasteiger charge is -2.26. The third-order valence-electron chi connectivity index (χ3n) is 7.18. The molecule has 2 heterocycles. The Balaban J connectivity index is 0.00000552. The van der Waals surface area contributed by atoms with Crippen molar-refractivity contribution in [1.29, 1.82) is 5.41 Å². The summed E-state index contributed by atoms with van der Waals surface area (Å²) in [4.78, 5) is 30.6. The zero-order valence-corrected chi connectivity index (χ0v) is 28.6. The van der Waals surface area contributed by atoms with Gasteiger partial charge >= 0.3 is 5.97 Å². The summed E-state index contributed by atoms with van der Waals surface area (Å²) in [5, 5.41) is 20.6. The first-order chi connectivity index (χ1) is 20.9. The smallest absolute Gasteiger partial charge is 0.303 e. The first-order valence-corrected chi connectivity index (χ1v) is 15.2. The highest BCUT2D eigenvalue weighted by Gasteiger charge is 2.33. The summed E-state index contributed by atoms with van der Waals surface area (Å²) in [5.41, 5.74) is 1.25. The van der Waals surface area contributed by atoms with E-state index < -0.39 is 17.2 Å². The molecule has 2 aromatic carbocycles. The van der Waals surface area contributed by atoms with E-state index in [1.165, 1.54) is 19.1 Å². The quantitative estimate of drug-likeness (QED) is 0.135. The van der Waals surface area contributed by atoms with E-state index in [2.05, 4.69) is 4.98 Å². The van der Waals surface area contributed by atoms with E-state index >= 15 is 4.39 Å². The van der Waals surface area contributed by atoms with Crippen molar-refractivity contribution in [3.05, 3.63) is 62.9 Å². The number of hydrogen-bond donors (Lipinski definition) is 2. The van der Waals surface area contributed by atoms with Gasteiger partial charge < -0.3 is 29.0 Å². The van der Waals surface area contributed by atoms with Crippen molar-refractivity contribution in [2.45, 2.75) is 58.4 Å². The number of Topliss-reactive ketones (excluding diaryl/α,β-unsaturated/α-hetero) is 1. The number of hydrogen-bond acceptors (Lipinski definition) is 9. The summed E-state index contributed by atoms with van der Waals surface area (Å²) in [5.74, 6) is -1.01. The molecule has 0 spiro atoms. The highest BCUT2D eigenvalue weighted by atomic mass is 79.9. The van der Waals surface area contributed by atoms with Crippen LogP contribution in [-0.4, -0.2) is 66.6 Å². The van der Waals surface area contributed by atoms with Gasteiger partial charge in [0, 0.05) is 42.1 Å². The number of halogens is 2. The number of fused-ring (bicyclic) bond motifs is 1. The maximum absolute atomic E-state index is 15.3. The van der Waals surface area contributed by atoms with Crippen LogP contribution in [0.4, 0.5) is 4.39 Å². The van der Waals surface area contributed by atoms with Gasteiger partial charge in [0.05, 0.1) is 44.5 Å². The number of aromatic nitrogens is 1. The number of rotatable bonds is 15. The van der Waals surface area contributed by atoms with E-state index in [0.29, 0.717) is 42.1 Å². The summed E-state index contributed by atoms with van der Waals surface area (Å²) >= 11 is 1.57. The maximum atomic E-state index is 15.3. The molecule has 0 fully saturated rings. The van der Waals surface area contributed by atoms with E-state index in [4.69, 9.17) is 29.5 Å². The molecule has 0 bridgehead atoms. The number of nitrogens with zero attached hydrogens (tertiary/aromatic N) is 2. The Bertz CT molecular complexity index is 1530. The molecule has 3 aromatic rings. The van der Waals surface area contributed by atoms with E-state index in [0.717, 1.165) is 17.0 Å². The van der Waals surface area contributed by atoms with Crippen LogP contribution in [0.15, 0.2) is 29.8 Å². The van der Waals surface area contributed by atoms with Crippen LogP contribution < -0.4 is 18.9 Å². The Morgan fingerprint density at radius 1 is 1.07 bits per heavy atom. The van der Waals surface area contributed by atoms with Crippen LogP contribution in [0, 0.1) is 11.2 Å². The van der Waals surface area contributed by atoms with Crippen LogP contribution in [0.3, 0.4) is 0 Å². The van der Waals surface area contributed by atoms with Crippen LogP contribution in [0.2, 0.25) is 0 Å². The fourth-order valence-corrected chi connectivity index (χ4v) is 5.64. The largest absolute Gasteiger partial charge is 0.493 e. The lowest BCUT2D eigenvalue weighted by atomic mass is 9.84. The van der Waals surface area contributed by atoms with Crippen molar-refractivity contribution in [3.8, 4) is 23.0 Å². The monoisotopic (exact) mass is 707 g/mol. The Morgan fingerprint density at radius 2 is 1.80 bits per heavy atom.